The van der Waals surface area contributed by atoms with Crippen LogP contribution in [0.5, 0.6) is 0 Å². The molecule has 1 unspecified atom stereocenters. The number of hydrogen-bond acceptors (Lipinski definition) is 22. The van der Waals surface area contributed by atoms with E-state index in [1.54, 1.807) is 82.7 Å². The van der Waals surface area contributed by atoms with Crippen LogP contribution in [0.25, 0.3) is 11.1 Å². The average molecular weight is 1600 g/mol. The molecule has 0 fully saturated rings. The van der Waals surface area contributed by atoms with Gasteiger partial charge in [0, 0.05) is 153 Å². The number of aromatic nitrogens is 8. The highest BCUT2D eigenvalue weighted by Gasteiger charge is 2.33. The minimum Gasteiger partial charge on any atom is -0.378 e. The number of nitrogens with zero attached hydrogens (tertiary/aromatic N) is 9. The molecule has 9 rings (SSSR count). The van der Waals surface area contributed by atoms with E-state index in [1.165, 1.54) is 26.0 Å². The number of hydrogen-bond donors (Lipinski definition) is 10. The predicted octanol–water partition coefficient (Wildman–Crippen LogP) is 5.56. The summed E-state index contributed by atoms with van der Waals surface area (Å²) in [5, 5.41) is 26.7. The molecule has 11 N–H and O–H groups in total. The number of nitrogens with one attached hydrogen (secondary N) is 9. The minimum atomic E-state index is -0.596. The van der Waals surface area contributed by atoms with Crippen molar-refractivity contribution in [3.63, 3.8) is 0 Å². The zero-order chi connectivity index (χ0) is 81.3. The van der Waals surface area contributed by atoms with Crippen LogP contribution in [0.15, 0.2) is 116 Å². The summed E-state index contributed by atoms with van der Waals surface area (Å²) in [6, 6.07) is 23.8. The SMILES string of the molecule is CC(=O)N1c2ccc(-c3ccc(C(=O)NCCOCCOCCOCCOCCOCCOCCOCCOCCNC(=O)CCNC(=O)c4nc(NC(=O)CCNC(=O)c5cc(NC(=O)c6nc(C(N)CCNC(=O)c7cc(Nc8nccn8C)cn7C)cn6C)cn5C)cn4C)cc3)cc2[C@H](Nc2ccc(Cl)cc2)C[C@@H]1C. The summed E-state index contributed by atoms with van der Waals surface area (Å²) in [4.78, 5) is 118. The maximum absolute atomic E-state index is 13.4. The first-order chi connectivity index (χ1) is 55.1. The molecule has 35 nitrogen and oxygen atoms in total. The highest BCUT2D eigenvalue weighted by atomic mass is 35.5. The third kappa shape index (κ3) is 27.2. The molecular formula is C78H104ClN19O16. The summed E-state index contributed by atoms with van der Waals surface area (Å²) in [6.07, 6.45) is 10.9. The van der Waals surface area contributed by atoms with Gasteiger partial charge < -0.3 is 119 Å². The molecule has 3 atom stereocenters. The lowest BCUT2D eigenvalue weighted by Gasteiger charge is -2.39. The Hall–Kier alpha value is -10.9. The van der Waals surface area contributed by atoms with E-state index in [-0.39, 0.29) is 105 Å². The van der Waals surface area contributed by atoms with Crippen molar-refractivity contribution in [2.45, 2.75) is 57.7 Å². The van der Waals surface area contributed by atoms with Crippen LogP contribution >= 0.6 is 11.6 Å². The van der Waals surface area contributed by atoms with Crippen LogP contribution in [0.2, 0.25) is 5.02 Å². The van der Waals surface area contributed by atoms with Crippen LogP contribution in [0.1, 0.15) is 115 Å². The van der Waals surface area contributed by atoms with Gasteiger partial charge in [0.05, 0.1) is 135 Å². The summed E-state index contributed by atoms with van der Waals surface area (Å²) in [7, 11) is 8.49. The number of imidazole rings is 3. The molecule has 0 spiro atoms. The van der Waals surface area contributed by atoms with E-state index in [0.717, 1.165) is 34.5 Å². The summed E-state index contributed by atoms with van der Waals surface area (Å²) in [5.41, 5.74) is 13.9. The minimum absolute atomic E-state index is 0.00158. The van der Waals surface area contributed by atoms with Gasteiger partial charge in [-0.05, 0) is 97.1 Å². The standard InChI is InChI=1S/C78H104ClN19O16/c1-52-44-63(87-58-15-13-57(79)14-16-58)61-45-56(12-17-65(61)98(52)53(2)99)54-8-10-55(11-9-54)73(102)85-26-29-108-31-33-110-35-37-112-39-41-114-43-42-113-40-38-111-36-34-109-32-30-107-28-25-81-69(100)19-22-84-76(105)71-92-68(51-97(71)7)91-70(101)20-23-83-75(104)66-46-59(48-94(66)4)88-77(106)72-90-64(50-96(72)6)62(80)18-21-82-74(103)67-47-60(49-95(67)5)89-78-86-24-27-93(78)3/h8-17,24,27,45-52,62-63,87H,18-23,25-26,28-44,80H2,1-7H3,(H,81,100)(H,82,103)(H,83,104)(H,84,105)(H,85,102)(H,86,89)(H,88,106)(H,91,101)/t52-,62?,63+/m0/s1. The van der Waals surface area contributed by atoms with Crippen LogP contribution in [0, 0.1) is 0 Å². The quantitative estimate of drug-likeness (QED) is 0.0209. The summed E-state index contributed by atoms with van der Waals surface area (Å²) < 4.78 is 52.5. The van der Waals surface area contributed by atoms with Crippen LogP contribution in [-0.4, -0.2) is 230 Å². The molecule has 6 heterocycles. The number of halogens is 1. The molecule has 0 saturated carbocycles. The van der Waals surface area contributed by atoms with E-state index in [9.17, 15) is 38.4 Å². The zero-order valence-electron chi connectivity index (χ0n) is 65.4. The summed E-state index contributed by atoms with van der Waals surface area (Å²) in [6.45, 7) is 10.6. The van der Waals surface area contributed by atoms with Crippen molar-refractivity contribution in [1.29, 1.82) is 0 Å². The summed E-state index contributed by atoms with van der Waals surface area (Å²) in [5.74, 6) is -2.04. The van der Waals surface area contributed by atoms with Gasteiger partial charge in [-0.25, -0.2) is 15.0 Å². The fourth-order valence-corrected chi connectivity index (χ4v) is 12.3. The molecule has 5 aromatic heterocycles. The van der Waals surface area contributed by atoms with Crippen molar-refractivity contribution in [1.82, 2.24) is 64.4 Å². The maximum Gasteiger partial charge on any atom is 0.291 e. The van der Waals surface area contributed by atoms with Gasteiger partial charge in [0.2, 0.25) is 29.5 Å². The topological polar surface area (TPSA) is 411 Å². The van der Waals surface area contributed by atoms with Crippen molar-refractivity contribution in [2.24, 2.45) is 41.0 Å². The molecule has 0 bridgehead atoms. The number of rotatable bonds is 49. The van der Waals surface area contributed by atoms with Crippen molar-refractivity contribution in [3.8, 4) is 11.1 Å². The van der Waals surface area contributed by atoms with Crippen molar-refractivity contribution >= 4 is 93.4 Å². The van der Waals surface area contributed by atoms with E-state index >= 15 is 0 Å². The lowest BCUT2D eigenvalue weighted by Crippen LogP contribution is -2.43. The van der Waals surface area contributed by atoms with Gasteiger partial charge in [0.25, 0.3) is 29.5 Å². The number of benzene rings is 3. The Morgan fingerprint density at radius 3 is 1.59 bits per heavy atom. The Bertz CT molecular complexity index is 4460. The number of aryl methyl sites for hydroxylation is 5. The summed E-state index contributed by atoms with van der Waals surface area (Å²) >= 11 is 6.14. The van der Waals surface area contributed by atoms with Gasteiger partial charge in [-0.1, -0.05) is 29.8 Å². The molecule has 36 heteroatoms. The number of amides is 8. The Labute approximate surface area is 666 Å². The Morgan fingerprint density at radius 2 is 1.01 bits per heavy atom. The number of fused-ring (bicyclic) bond motifs is 1. The molecule has 1 aliphatic rings. The maximum atomic E-state index is 13.4. The van der Waals surface area contributed by atoms with Gasteiger partial charge >= 0.3 is 0 Å². The number of ether oxygens (including phenoxy) is 8. The lowest BCUT2D eigenvalue weighted by molar-refractivity contribution is -0.121. The van der Waals surface area contributed by atoms with Gasteiger partial charge in [-0.3, -0.25) is 38.4 Å². The van der Waals surface area contributed by atoms with Gasteiger partial charge in [-0.2, -0.15) is 0 Å². The van der Waals surface area contributed by atoms with Crippen molar-refractivity contribution < 1.29 is 76.3 Å². The van der Waals surface area contributed by atoms with Crippen LogP contribution < -0.4 is 58.5 Å². The normalized spacial score (nSPS) is 13.4. The molecule has 8 aromatic rings. The fraction of sp³-hybridized carbons (Fsp3) is 0.449. The highest BCUT2D eigenvalue weighted by Crippen LogP contribution is 2.41. The van der Waals surface area contributed by atoms with E-state index in [0.29, 0.717) is 151 Å². The predicted molar refractivity (Wildman–Crippen MR) is 427 cm³/mol. The van der Waals surface area contributed by atoms with Crippen LogP contribution in [0.3, 0.4) is 0 Å². The molecule has 0 aliphatic carbocycles. The molecule has 614 valence electrons. The molecular weight excluding hydrogens is 1490 g/mol. The molecule has 8 amide bonds. The monoisotopic (exact) mass is 1600 g/mol. The first-order valence-corrected chi connectivity index (χ1v) is 38.0. The van der Waals surface area contributed by atoms with Crippen molar-refractivity contribution in [3.05, 3.63) is 161 Å². The van der Waals surface area contributed by atoms with E-state index < -0.39 is 29.7 Å². The molecule has 0 radical (unpaired) electrons. The second-order valence-electron chi connectivity index (χ2n) is 26.8. The number of anilines is 6. The molecule has 1 aliphatic heterocycles. The van der Waals surface area contributed by atoms with Gasteiger partial charge in [0.15, 0.2) is 11.6 Å². The molecule has 3 aromatic carbocycles. The third-order valence-electron chi connectivity index (χ3n) is 18.0. The van der Waals surface area contributed by atoms with Crippen LogP contribution in [-0.2, 0) is 87.5 Å². The van der Waals surface area contributed by atoms with Crippen molar-refractivity contribution in [2.75, 3.05) is 165 Å². The second-order valence-corrected chi connectivity index (χ2v) is 27.2. The Balaban J connectivity index is 0.505. The van der Waals surface area contributed by atoms with Gasteiger partial charge in [0.1, 0.15) is 11.4 Å². The average Bonchev–Trinajstić information content (AvgIpc) is 1.17. The Morgan fingerprint density at radius 1 is 0.500 bits per heavy atom. The smallest absolute Gasteiger partial charge is 0.291 e. The zero-order valence-corrected chi connectivity index (χ0v) is 66.1. The van der Waals surface area contributed by atoms with E-state index in [1.807, 2.05) is 71.2 Å². The Kier molecular flexibility index (Phi) is 34.5. The first-order valence-electron chi connectivity index (χ1n) is 37.7. The van der Waals surface area contributed by atoms with Gasteiger partial charge in [-0.15, -0.1) is 0 Å². The second kappa shape index (κ2) is 45.1. The molecule has 0 saturated heterocycles. The largest absolute Gasteiger partial charge is 0.378 e. The third-order valence-corrected chi connectivity index (χ3v) is 18.3. The number of carbonyl (C=O) groups is 8. The van der Waals surface area contributed by atoms with E-state index in [4.69, 9.17) is 55.2 Å². The molecule has 114 heavy (non-hydrogen) atoms. The van der Waals surface area contributed by atoms with Crippen LogP contribution in [0.4, 0.5) is 34.5 Å². The fourth-order valence-electron chi connectivity index (χ4n) is 12.2. The number of nitrogens with two attached hydrogens (primary N) is 1. The number of carbonyl (C=O) groups excluding carboxylic acids is 8. The van der Waals surface area contributed by atoms with E-state index in [2.05, 4.69) is 75.8 Å². The lowest BCUT2D eigenvalue weighted by atomic mass is 9.88. The highest BCUT2D eigenvalue weighted by molar-refractivity contribution is 6.30. The first kappa shape index (κ1) is 87.1.